The molecule has 3 rings (SSSR count). The van der Waals surface area contributed by atoms with Crippen molar-refractivity contribution in [3.63, 3.8) is 0 Å². The molecule has 0 amide bonds. The van der Waals surface area contributed by atoms with Crippen molar-refractivity contribution >= 4 is 0 Å². The van der Waals surface area contributed by atoms with E-state index in [-0.39, 0.29) is 0 Å². The van der Waals surface area contributed by atoms with Crippen LogP contribution >= 0.6 is 0 Å². The lowest BCUT2D eigenvalue weighted by atomic mass is 10.1. The van der Waals surface area contributed by atoms with Gasteiger partial charge in [0, 0.05) is 13.1 Å². The van der Waals surface area contributed by atoms with Crippen LogP contribution in [0.25, 0.3) is 0 Å². The standard InChI is InChI=1S/C18H21NO/c1-2-7-18(8-3-1)20-12-11-19-14-15-9-10-16-5-4-6-17(16)13-15/h1-3,7-10,13,19H,4-6,11-12,14H2. The van der Waals surface area contributed by atoms with Gasteiger partial charge in [-0.15, -0.1) is 0 Å². The topological polar surface area (TPSA) is 21.3 Å². The number of rotatable bonds is 6. The van der Waals surface area contributed by atoms with Crippen LogP contribution in [0.1, 0.15) is 23.1 Å². The zero-order valence-electron chi connectivity index (χ0n) is 11.8. The Hall–Kier alpha value is -1.80. The Morgan fingerprint density at radius 3 is 2.70 bits per heavy atom. The molecule has 0 saturated heterocycles. The molecular weight excluding hydrogens is 246 g/mol. The number of aryl methyl sites for hydroxylation is 2. The van der Waals surface area contributed by atoms with Crippen LogP contribution in [0.5, 0.6) is 5.75 Å². The number of fused-ring (bicyclic) bond motifs is 1. The Morgan fingerprint density at radius 2 is 1.80 bits per heavy atom. The lowest BCUT2D eigenvalue weighted by molar-refractivity contribution is 0.313. The largest absolute Gasteiger partial charge is 0.492 e. The first-order valence-electron chi connectivity index (χ1n) is 7.41. The molecule has 0 bridgehead atoms. The highest BCUT2D eigenvalue weighted by Gasteiger charge is 2.10. The van der Waals surface area contributed by atoms with Crippen LogP contribution < -0.4 is 10.1 Å². The van der Waals surface area contributed by atoms with Gasteiger partial charge >= 0.3 is 0 Å². The fourth-order valence-electron chi connectivity index (χ4n) is 2.73. The molecule has 0 heterocycles. The van der Waals surface area contributed by atoms with Crippen LogP contribution in [-0.4, -0.2) is 13.2 Å². The summed E-state index contributed by atoms with van der Waals surface area (Å²) in [5, 5.41) is 3.44. The Bertz CT molecular complexity index is 551. The van der Waals surface area contributed by atoms with Crippen LogP contribution in [-0.2, 0) is 19.4 Å². The van der Waals surface area contributed by atoms with E-state index in [2.05, 4.69) is 23.5 Å². The van der Waals surface area contributed by atoms with Crippen molar-refractivity contribution in [2.24, 2.45) is 0 Å². The van der Waals surface area contributed by atoms with Crippen molar-refractivity contribution in [3.8, 4) is 5.75 Å². The Morgan fingerprint density at radius 1 is 0.950 bits per heavy atom. The van der Waals surface area contributed by atoms with Gasteiger partial charge in [0.2, 0.25) is 0 Å². The summed E-state index contributed by atoms with van der Waals surface area (Å²) in [5.41, 5.74) is 4.47. The Kier molecular flexibility index (Phi) is 4.34. The molecule has 2 aromatic rings. The Labute approximate surface area is 120 Å². The number of nitrogens with one attached hydrogen (secondary N) is 1. The van der Waals surface area contributed by atoms with E-state index in [0.717, 1.165) is 18.8 Å². The van der Waals surface area contributed by atoms with Gasteiger partial charge in [0.1, 0.15) is 12.4 Å². The van der Waals surface area contributed by atoms with Gasteiger partial charge in [0.05, 0.1) is 0 Å². The molecule has 2 aromatic carbocycles. The van der Waals surface area contributed by atoms with Crippen molar-refractivity contribution in [2.75, 3.05) is 13.2 Å². The molecule has 20 heavy (non-hydrogen) atoms. The molecule has 0 unspecified atom stereocenters. The van der Waals surface area contributed by atoms with Crippen molar-refractivity contribution in [3.05, 3.63) is 65.2 Å². The highest BCUT2D eigenvalue weighted by atomic mass is 16.5. The molecule has 104 valence electrons. The molecule has 0 atom stereocenters. The normalized spacial score (nSPS) is 13.2. The fourth-order valence-corrected chi connectivity index (χ4v) is 2.73. The zero-order valence-corrected chi connectivity index (χ0v) is 11.8. The quantitative estimate of drug-likeness (QED) is 0.810. The van der Waals surface area contributed by atoms with Crippen LogP contribution in [0.15, 0.2) is 48.5 Å². The van der Waals surface area contributed by atoms with Gasteiger partial charge in [0.25, 0.3) is 0 Å². The van der Waals surface area contributed by atoms with Crippen LogP contribution in [0, 0.1) is 0 Å². The first kappa shape index (κ1) is 13.2. The molecular formula is C18H21NO. The predicted octanol–water partition coefficient (Wildman–Crippen LogP) is 3.34. The van der Waals surface area contributed by atoms with E-state index in [4.69, 9.17) is 4.74 Å². The summed E-state index contributed by atoms with van der Waals surface area (Å²) in [6, 6.07) is 16.9. The molecule has 0 fully saturated rings. The summed E-state index contributed by atoms with van der Waals surface area (Å²) >= 11 is 0. The van der Waals surface area contributed by atoms with Gasteiger partial charge in [-0.2, -0.15) is 0 Å². The lowest BCUT2D eigenvalue weighted by Crippen LogP contribution is -2.20. The van der Waals surface area contributed by atoms with E-state index >= 15 is 0 Å². The second-order valence-corrected chi connectivity index (χ2v) is 5.29. The van der Waals surface area contributed by atoms with E-state index in [1.54, 1.807) is 11.1 Å². The van der Waals surface area contributed by atoms with Crippen LogP contribution in [0.4, 0.5) is 0 Å². The summed E-state index contributed by atoms with van der Waals surface area (Å²) in [7, 11) is 0. The monoisotopic (exact) mass is 267 g/mol. The van der Waals surface area contributed by atoms with Gasteiger partial charge in [-0.25, -0.2) is 0 Å². The van der Waals surface area contributed by atoms with Gasteiger partial charge < -0.3 is 10.1 Å². The third-order valence-electron chi connectivity index (χ3n) is 3.78. The smallest absolute Gasteiger partial charge is 0.119 e. The average molecular weight is 267 g/mol. The predicted molar refractivity (Wildman–Crippen MR) is 82.1 cm³/mol. The summed E-state index contributed by atoms with van der Waals surface area (Å²) < 4.78 is 5.66. The maximum atomic E-state index is 5.66. The molecule has 0 saturated carbocycles. The van der Waals surface area contributed by atoms with E-state index in [9.17, 15) is 0 Å². The van der Waals surface area contributed by atoms with Crippen LogP contribution in [0.3, 0.4) is 0 Å². The minimum atomic E-state index is 0.703. The van der Waals surface area contributed by atoms with Crippen molar-refractivity contribution in [1.82, 2.24) is 5.32 Å². The third-order valence-corrected chi connectivity index (χ3v) is 3.78. The Balaban J connectivity index is 1.40. The average Bonchev–Trinajstić information content (AvgIpc) is 2.95. The summed E-state index contributed by atoms with van der Waals surface area (Å²) in [5.74, 6) is 0.937. The molecule has 0 aliphatic heterocycles. The van der Waals surface area contributed by atoms with Gasteiger partial charge in [-0.1, -0.05) is 36.4 Å². The fraction of sp³-hybridized carbons (Fsp3) is 0.333. The molecule has 0 aromatic heterocycles. The molecule has 0 spiro atoms. The lowest BCUT2D eigenvalue weighted by Gasteiger charge is -2.08. The molecule has 2 heteroatoms. The van der Waals surface area contributed by atoms with E-state index < -0.39 is 0 Å². The summed E-state index contributed by atoms with van der Waals surface area (Å²) in [6.45, 7) is 2.49. The summed E-state index contributed by atoms with van der Waals surface area (Å²) in [6.07, 6.45) is 3.82. The molecule has 1 aliphatic carbocycles. The van der Waals surface area contributed by atoms with E-state index in [1.165, 1.54) is 24.8 Å². The third kappa shape index (κ3) is 3.40. The van der Waals surface area contributed by atoms with Gasteiger partial charge in [0.15, 0.2) is 0 Å². The van der Waals surface area contributed by atoms with Crippen molar-refractivity contribution in [1.29, 1.82) is 0 Å². The number of ether oxygens (including phenoxy) is 1. The minimum absolute atomic E-state index is 0.703. The van der Waals surface area contributed by atoms with Crippen molar-refractivity contribution in [2.45, 2.75) is 25.8 Å². The first-order chi connectivity index (χ1) is 9.92. The first-order valence-corrected chi connectivity index (χ1v) is 7.41. The maximum Gasteiger partial charge on any atom is 0.119 e. The molecule has 1 aliphatic rings. The second-order valence-electron chi connectivity index (χ2n) is 5.29. The molecule has 2 nitrogen and oxygen atoms in total. The molecule has 1 N–H and O–H groups in total. The number of benzene rings is 2. The van der Waals surface area contributed by atoms with Crippen LogP contribution in [0.2, 0.25) is 0 Å². The zero-order chi connectivity index (χ0) is 13.6. The second kappa shape index (κ2) is 6.58. The minimum Gasteiger partial charge on any atom is -0.492 e. The van der Waals surface area contributed by atoms with Crippen molar-refractivity contribution < 1.29 is 4.74 Å². The highest BCUT2D eigenvalue weighted by molar-refractivity contribution is 5.35. The number of para-hydroxylation sites is 1. The maximum absolute atomic E-state index is 5.66. The molecule has 0 radical (unpaired) electrons. The number of hydrogen-bond donors (Lipinski definition) is 1. The summed E-state index contributed by atoms with van der Waals surface area (Å²) in [4.78, 5) is 0. The van der Waals surface area contributed by atoms with Gasteiger partial charge in [-0.3, -0.25) is 0 Å². The van der Waals surface area contributed by atoms with Gasteiger partial charge in [-0.05, 0) is 48.1 Å². The van der Waals surface area contributed by atoms with E-state index in [1.807, 2.05) is 30.3 Å². The highest BCUT2D eigenvalue weighted by Crippen LogP contribution is 2.22. The number of hydrogen-bond acceptors (Lipinski definition) is 2. The SMILES string of the molecule is c1ccc(OCCNCc2ccc3c(c2)CCC3)cc1. The van der Waals surface area contributed by atoms with E-state index in [0.29, 0.717) is 6.61 Å².